The molecule has 3 rings (SSSR count). The first kappa shape index (κ1) is 20.3. The Morgan fingerprint density at radius 3 is 2.24 bits per heavy atom. The van der Waals surface area contributed by atoms with Gasteiger partial charge in [0, 0.05) is 30.5 Å². The van der Waals surface area contributed by atoms with Crippen LogP contribution in [-0.2, 0) is 22.6 Å². The highest BCUT2D eigenvalue weighted by atomic mass is 16.5. The molecule has 0 radical (unpaired) electrons. The van der Waals surface area contributed by atoms with Gasteiger partial charge in [0.1, 0.15) is 5.75 Å². The first-order valence-electron chi connectivity index (χ1n) is 9.21. The van der Waals surface area contributed by atoms with Gasteiger partial charge in [0.05, 0.1) is 13.7 Å². The number of imide groups is 2. The molecule has 1 fully saturated rings. The molecule has 0 N–H and O–H groups in total. The fourth-order valence-corrected chi connectivity index (χ4v) is 3.44. The molecule has 0 spiro atoms. The minimum atomic E-state index is -0.973. The van der Waals surface area contributed by atoms with E-state index in [9.17, 15) is 19.2 Å². The number of hydrogen-bond acceptors (Lipinski definition) is 5. The second-order valence-corrected chi connectivity index (χ2v) is 7.00. The van der Waals surface area contributed by atoms with Gasteiger partial charge in [-0.3, -0.25) is 19.3 Å². The average molecular weight is 397 g/mol. The molecule has 1 saturated heterocycles. The summed E-state index contributed by atoms with van der Waals surface area (Å²) in [5.74, 6) is -1.48. The molecule has 0 bridgehead atoms. The smallest absolute Gasteiger partial charge is 0.334 e. The molecule has 8 nitrogen and oxygen atoms in total. The molecule has 8 heteroatoms. The van der Waals surface area contributed by atoms with Gasteiger partial charge in [-0.25, -0.2) is 9.69 Å². The van der Waals surface area contributed by atoms with Crippen LogP contribution in [0.15, 0.2) is 30.3 Å². The van der Waals surface area contributed by atoms with Crippen molar-refractivity contribution in [3.8, 4) is 5.75 Å². The van der Waals surface area contributed by atoms with Crippen LogP contribution in [0.3, 0.4) is 0 Å². The van der Waals surface area contributed by atoms with E-state index in [2.05, 4.69) is 0 Å². The number of aromatic nitrogens is 1. The van der Waals surface area contributed by atoms with Crippen molar-refractivity contribution in [3.63, 3.8) is 0 Å². The highest BCUT2D eigenvalue weighted by Crippen LogP contribution is 2.19. The highest BCUT2D eigenvalue weighted by Gasteiger charge is 2.43. The number of carbonyl (C=O) groups excluding carboxylic acids is 4. The number of carbonyl (C=O) groups is 4. The van der Waals surface area contributed by atoms with Gasteiger partial charge in [0.2, 0.25) is 0 Å². The van der Waals surface area contributed by atoms with E-state index in [-0.39, 0.29) is 5.78 Å². The van der Waals surface area contributed by atoms with Gasteiger partial charge in [-0.2, -0.15) is 0 Å². The first-order chi connectivity index (χ1) is 13.7. The summed E-state index contributed by atoms with van der Waals surface area (Å²) >= 11 is 0. The zero-order valence-electron chi connectivity index (χ0n) is 16.9. The van der Waals surface area contributed by atoms with Crippen LogP contribution >= 0.6 is 0 Å². The molecule has 0 atom stereocenters. The molecule has 2 aromatic rings. The molecule has 29 heavy (non-hydrogen) atoms. The number of Topliss-reactive ketones (excluding diaryl/α,β-unsaturated/α-hetero) is 1. The predicted octanol–water partition coefficient (Wildman–Crippen LogP) is 1.96. The van der Waals surface area contributed by atoms with Crippen molar-refractivity contribution < 1.29 is 23.9 Å². The third-order valence-corrected chi connectivity index (χ3v) is 5.21. The van der Waals surface area contributed by atoms with Gasteiger partial charge in [0.25, 0.3) is 0 Å². The number of hydrogen-bond donors (Lipinski definition) is 0. The van der Waals surface area contributed by atoms with Crippen LogP contribution in [0.4, 0.5) is 4.79 Å². The van der Waals surface area contributed by atoms with Crippen LogP contribution in [0.1, 0.15) is 27.3 Å². The van der Waals surface area contributed by atoms with E-state index in [0.717, 1.165) is 29.1 Å². The van der Waals surface area contributed by atoms with E-state index in [1.807, 2.05) is 42.7 Å². The lowest BCUT2D eigenvalue weighted by atomic mass is 10.1. The number of urea groups is 1. The number of benzene rings is 1. The molecule has 0 aliphatic carbocycles. The Hall–Kier alpha value is -3.42. The third-order valence-electron chi connectivity index (χ3n) is 5.21. The lowest BCUT2D eigenvalue weighted by Crippen LogP contribution is -2.36. The molecular weight excluding hydrogens is 374 g/mol. The molecule has 1 aromatic heterocycles. The van der Waals surface area contributed by atoms with Crippen molar-refractivity contribution in [3.05, 3.63) is 52.8 Å². The zero-order chi connectivity index (χ0) is 21.3. The maximum atomic E-state index is 12.7. The van der Waals surface area contributed by atoms with Crippen LogP contribution < -0.4 is 4.74 Å². The Bertz CT molecular complexity index is 990. The number of nitrogens with zero attached hydrogens (tertiary/aromatic N) is 3. The highest BCUT2D eigenvalue weighted by molar-refractivity contribution is 6.45. The van der Waals surface area contributed by atoms with Crippen LogP contribution in [-0.4, -0.2) is 58.7 Å². The number of aryl methyl sites for hydroxylation is 2. The van der Waals surface area contributed by atoms with Crippen molar-refractivity contribution in [2.75, 3.05) is 20.7 Å². The summed E-state index contributed by atoms with van der Waals surface area (Å²) < 4.78 is 7.19. The maximum Gasteiger partial charge on any atom is 0.334 e. The van der Waals surface area contributed by atoms with Crippen molar-refractivity contribution in [1.82, 2.24) is 14.4 Å². The summed E-state index contributed by atoms with van der Waals surface area (Å²) in [7, 11) is 2.84. The lowest BCUT2D eigenvalue weighted by molar-refractivity contribution is -0.142. The molecule has 152 valence electrons. The summed E-state index contributed by atoms with van der Waals surface area (Å²) in [6.45, 7) is 3.97. The van der Waals surface area contributed by atoms with Gasteiger partial charge in [-0.1, -0.05) is 12.1 Å². The van der Waals surface area contributed by atoms with Gasteiger partial charge in [-0.05, 0) is 44.0 Å². The molecule has 0 unspecified atom stereocenters. The van der Waals surface area contributed by atoms with Crippen LogP contribution in [0.25, 0.3) is 0 Å². The van der Waals surface area contributed by atoms with Gasteiger partial charge >= 0.3 is 17.8 Å². The summed E-state index contributed by atoms with van der Waals surface area (Å²) in [6.07, 6.45) is 0.774. The lowest BCUT2D eigenvalue weighted by Gasteiger charge is -2.13. The van der Waals surface area contributed by atoms with Crippen molar-refractivity contribution in [2.24, 2.45) is 0 Å². The number of amides is 4. The number of rotatable bonds is 7. The minimum Gasteiger partial charge on any atom is -0.497 e. The monoisotopic (exact) mass is 397 g/mol. The van der Waals surface area contributed by atoms with Gasteiger partial charge in [0.15, 0.2) is 5.78 Å². The van der Waals surface area contributed by atoms with E-state index in [4.69, 9.17) is 4.74 Å². The fraction of sp³-hybridized carbons (Fsp3) is 0.333. The quantitative estimate of drug-likeness (QED) is 0.405. The molecule has 0 saturated carbocycles. The Morgan fingerprint density at radius 2 is 1.69 bits per heavy atom. The first-order valence-corrected chi connectivity index (χ1v) is 9.21. The van der Waals surface area contributed by atoms with Crippen LogP contribution in [0.5, 0.6) is 5.75 Å². The second-order valence-electron chi connectivity index (χ2n) is 7.00. The summed E-state index contributed by atoms with van der Waals surface area (Å²) in [4.78, 5) is 49.7. The number of ether oxygens (including phenoxy) is 1. The van der Waals surface area contributed by atoms with E-state index >= 15 is 0 Å². The number of likely N-dealkylation sites (N-methyl/N-ethyl adjacent to an activating group) is 1. The van der Waals surface area contributed by atoms with Crippen molar-refractivity contribution in [2.45, 2.75) is 26.8 Å². The van der Waals surface area contributed by atoms with Gasteiger partial charge in [-0.15, -0.1) is 0 Å². The minimum absolute atomic E-state index is 0.376. The predicted molar refractivity (Wildman–Crippen MR) is 105 cm³/mol. The Balaban J connectivity index is 1.73. The van der Waals surface area contributed by atoms with E-state index in [0.29, 0.717) is 21.9 Å². The van der Waals surface area contributed by atoms with Crippen molar-refractivity contribution >= 4 is 23.6 Å². The number of ketones is 1. The summed E-state index contributed by atoms with van der Waals surface area (Å²) in [6, 6.07) is 8.78. The topological polar surface area (TPSA) is 88.9 Å². The second kappa shape index (κ2) is 7.90. The SMILES string of the molecule is COc1ccc(CCn2c(C)cc(C(=O)CN3C(=O)C(=O)N(C)C3=O)c2C)cc1. The summed E-state index contributed by atoms with van der Waals surface area (Å²) in [5.41, 5.74) is 3.26. The van der Waals surface area contributed by atoms with Crippen LogP contribution in [0.2, 0.25) is 0 Å². The molecular formula is C21H23N3O5. The Kier molecular flexibility index (Phi) is 5.54. The molecule has 1 aliphatic heterocycles. The molecule has 2 heterocycles. The number of methoxy groups -OCH3 is 1. The Labute approximate surface area is 168 Å². The normalized spacial score (nSPS) is 14.1. The van der Waals surface area contributed by atoms with E-state index < -0.39 is 24.4 Å². The maximum absolute atomic E-state index is 12.7. The zero-order valence-corrected chi connectivity index (χ0v) is 16.9. The average Bonchev–Trinajstić information content (AvgIpc) is 3.10. The van der Waals surface area contributed by atoms with Crippen molar-refractivity contribution in [1.29, 1.82) is 0 Å². The largest absolute Gasteiger partial charge is 0.497 e. The fourth-order valence-electron chi connectivity index (χ4n) is 3.44. The van der Waals surface area contributed by atoms with Crippen LogP contribution in [0, 0.1) is 13.8 Å². The van der Waals surface area contributed by atoms with E-state index in [1.54, 1.807) is 13.2 Å². The van der Waals surface area contributed by atoms with Gasteiger partial charge < -0.3 is 9.30 Å². The molecule has 4 amide bonds. The third kappa shape index (κ3) is 3.78. The molecule has 1 aromatic carbocycles. The summed E-state index contributed by atoms with van der Waals surface area (Å²) in [5, 5.41) is 0. The standard InChI is InChI=1S/C21H23N3O5/c1-13-11-17(18(25)12-24-20(27)19(26)22(3)21(24)28)14(2)23(13)10-9-15-5-7-16(29-4)8-6-15/h5-8,11H,9-10,12H2,1-4H3. The molecule has 1 aliphatic rings. The van der Waals surface area contributed by atoms with E-state index in [1.165, 1.54) is 7.05 Å². The Morgan fingerprint density at radius 1 is 1.03 bits per heavy atom.